The zero-order valence-corrected chi connectivity index (χ0v) is 16.2. The molecule has 0 unspecified atom stereocenters. The minimum Gasteiger partial charge on any atom is -0.450 e. The normalized spacial score (nSPS) is 21.4. The molecule has 1 saturated carbocycles. The largest absolute Gasteiger partial charge is 0.450 e. The number of ether oxygens (including phenoxy) is 1. The Labute approximate surface area is 161 Å². The van der Waals surface area contributed by atoms with Gasteiger partial charge in [0.15, 0.2) is 0 Å². The van der Waals surface area contributed by atoms with Crippen LogP contribution in [0.1, 0.15) is 62.2 Å². The van der Waals surface area contributed by atoms with Crippen molar-refractivity contribution in [3.05, 3.63) is 29.8 Å². The van der Waals surface area contributed by atoms with Crippen molar-refractivity contribution in [1.82, 2.24) is 10.2 Å². The Hall–Kier alpha value is -2.08. The molecule has 6 heteroatoms. The van der Waals surface area contributed by atoms with Gasteiger partial charge in [-0.2, -0.15) is 0 Å². The highest BCUT2D eigenvalue weighted by atomic mass is 16.5. The minimum absolute atomic E-state index is 0.0878. The summed E-state index contributed by atoms with van der Waals surface area (Å²) in [7, 11) is 0. The molecule has 1 saturated heterocycles. The first-order valence-corrected chi connectivity index (χ1v) is 10.2. The summed E-state index contributed by atoms with van der Waals surface area (Å²) < 4.78 is 4.88. The first-order valence-electron chi connectivity index (χ1n) is 10.2. The van der Waals surface area contributed by atoms with E-state index in [0.717, 1.165) is 19.5 Å². The molecule has 1 aliphatic heterocycles. The van der Waals surface area contributed by atoms with Gasteiger partial charge in [0.05, 0.1) is 6.61 Å². The molecule has 1 aromatic rings. The first-order chi connectivity index (χ1) is 13.2. The van der Waals surface area contributed by atoms with E-state index in [9.17, 15) is 9.59 Å². The van der Waals surface area contributed by atoms with E-state index in [1.165, 1.54) is 38.5 Å². The van der Waals surface area contributed by atoms with E-state index in [-0.39, 0.29) is 11.9 Å². The van der Waals surface area contributed by atoms with Crippen LogP contribution < -0.4 is 10.6 Å². The predicted octanol–water partition coefficient (Wildman–Crippen LogP) is 3.78. The Bertz CT molecular complexity index is 641. The summed E-state index contributed by atoms with van der Waals surface area (Å²) in [6, 6.07) is 7.85. The van der Waals surface area contributed by atoms with Crippen molar-refractivity contribution in [2.75, 3.05) is 25.0 Å². The lowest BCUT2D eigenvalue weighted by molar-refractivity contribution is 0.0935. The van der Waals surface area contributed by atoms with Crippen molar-refractivity contribution < 1.29 is 14.3 Å². The average Bonchev–Trinajstić information content (AvgIpc) is 2.95. The van der Waals surface area contributed by atoms with Gasteiger partial charge in [-0.15, -0.1) is 0 Å². The summed E-state index contributed by atoms with van der Waals surface area (Å²) in [5, 5.41) is 5.80. The molecule has 0 spiro atoms. The highest BCUT2D eigenvalue weighted by molar-refractivity contribution is 5.96. The number of carbonyl (C=O) groups excluding carboxylic acids is 2. The van der Waals surface area contributed by atoms with Crippen LogP contribution in [0, 0.1) is 0 Å². The van der Waals surface area contributed by atoms with Gasteiger partial charge >= 0.3 is 6.09 Å². The smallest absolute Gasteiger partial charge is 0.411 e. The fourth-order valence-corrected chi connectivity index (χ4v) is 4.15. The fourth-order valence-electron chi connectivity index (χ4n) is 4.15. The average molecular weight is 373 g/mol. The number of hydrogen-bond donors (Lipinski definition) is 2. The van der Waals surface area contributed by atoms with Crippen molar-refractivity contribution in [1.29, 1.82) is 0 Å². The van der Waals surface area contributed by atoms with Crippen LogP contribution >= 0.6 is 0 Å². The molecule has 1 heterocycles. The summed E-state index contributed by atoms with van der Waals surface area (Å²) >= 11 is 0. The second-order valence-electron chi connectivity index (χ2n) is 7.53. The van der Waals surface area contributed by atoms with E-state index in [2.05, 4.69) is 15.5 Å². The van der Waals surface area contributed by atoms with Crippen LogP contribution in [-0.2, 0) is 4.74 Å². The number of anilines is 1. The maximum atomic E-state index is 12.6. The number of carbonyl (C=O) groups is 2. The molecule has 0 aromatic heterocycles. The van der Waals surface area contributed by atoms with Crippen LogP contribution in [0.5, 0.6) is 0 Å². The molecular weight excluding hydrogens is 342 g/mol. The summed E-state index contributed by atoms with van der Waals surface area (Å²) in [4.78, 5) is 26.7. The van der Waals surface area contributed by atoms with Crippen LogP contribution in [-0.4, -0.2) is 48.7 Å². The summed E-state index contributed by atoms with van der Waals surface area (Å²) in [5.41, 5.74) is 1.12. The van der Waals surface area contributed by atoms with Crippen molar-refractivity contribution in [2.45, 2.75) is 64.0 Å². The summed E-state index contributed by atoms with van der Waals surface area (Å²) in [6.07, 6.45) is 8.47. The molecule has 1 atom stereocenters. The zero-order valence-electron chi connectivity index (χ0n) is 16.2. The Kier molecular flexibility index (Phi) is 7.10. The molecular formula is C21H31N3O3. The third-order valence-corrected chi connectivity index (χ3v) is 5.54. The number of nitrogens with zero attached hydrogens (tertiary/aromatic N) is 1. The molecule has 0 bridgehead atoms. The van der Waals surface area contributed by atoms with E-state index < -0.39 is 6.09 Å². The van der Waals surface area contributed by atoms with Gasteiger partial charge in [0.25, 0.3) is 5.91 Å². The quantitative estimate of drug-likeness (QED) is 0.771. The lowest BCUT2D eigenvalue weighted by Crippen LogP contribution is -2.39. The lowest BCUT2D eigenvalue weighted by atomic mass is 10.1. The topological polar surface area (TPSA) is 70.7 Å². The van der Waals surface area contributed by atoms with Gasteiger partial charge in [-0.05, 0) is 44.4 Å². The highest BCUT2D eigenvalue weighted by Crippen LogP contribution is 2.25. The van der Waals surface area contributed by atoms with Crippen LogP contribution in [0.4, 0.5) is 10.5 Å². The maximum Gasteiger partial charge on any atom is 0.411 e. The summed E-state index contributed by atoms with van der Waals surface area (Å²) in [5.74, 6) is -0.0878. The highest BCUT2D eigenvalue weighted by Gasteiger charge is 2.29. The molecule has 3 rings (SSSR count). The van der Waals surface area contributed by atoms with Gasteiger partial charge < -0.3 is 10.1 Å². The van der Waals surface area contributed by atoms with Crippen LogP contribution in [0.2, 0.25) is 0 Å². The molecule has 1 aliphatic carbocycles. The number of amides is 2. The standard InChI is InChI=1S/C21H31N3O3/c1-2-27-21(26)23-17-9-7-8-16(14-17)20(25)22-18-12-13-24(15-18)19-10-5-3-4-6-11-19/h7-9,14,18-19H,2-6,10-13,15H2,1H3,(H,22,25)(H,23,26)/t18-/m1/s1. The second-order valence-corrected chi connectivity index (χ2v) is 7.53. The predicted molar refractivity (Wildman–Crippen MR) is 106 cm³/mol. The Morgan fingerprint density at radius 2 is 1.93 bits per heavy atom. The first kappa shape index (κ1) is 19.7. The van der Waals surface area contributed by atoms with E-state index in [4.69, 9.17) is 4.74 Å². The lowest BCUT2D eigenvalue weighted by Gasteiger charge is -2.26. The van der Waals surface area contributed by atoms with Crippen LogP contribution in [0.15, 0.2) is 24.3 Å². The van der Waals surface area contributed by atoms with Gasteiger partial charge in [0.1, 0.15) is 0 Å². The van der Waals surface area contributed by atoms with Crippen molar-refractivity contribution in [2.24, 2.45) is 0 Å². The van der Waals surface area contributed by atoms with Gasteiger partial charge in [0.2, 0.25) is 0 Å². The number of rotatable bonds is 5. The molecule has 148 valence electrons. The molecule has 0 radical (unpaired) electrons. The van der Waals surface area contributed by atoms with Gasteiger partial charge in [-0.1, -0.05) is 31.7 Å². The number of benzene rings is 1. The van der Waals surface area contributed by atoms with Gasteiger partial charge in [0, 0.05) is 36.4 Å². The van der Waals surface area contributed by atoms with E-state index in [0.29, 0.717) is 23.9 Å². The molecule has 27 heavy (non-hydrogen) atoms. The SMILES string of the molecule is CCOC(=O)Nc1cccc(C(=O)N[C@@H]2CCN(C3CCCCCC3)C2)c1. The van der Waals surface area contributed by atoms with E-state index in [1.54, 1.807) is 31.2 Å². The van der Waals surface area contributed by atoms with Crippen molar-refractivity contribution in [3.63, 3.8) is 0 Å². The molecule has 2 fully saturated rings. The van der Waals surface area contributed by atoms with Crippen molar-refractivity contribution in [3.8, 4) is 0 Å². The minimum atomic E-state index is -0.509. The Morgan fingerprint density at radius 1 is 1.15 bits per heavy atom. The monoisotopic (exact) mass is 373 g/mol. The molecule has 2 amide bonds. The zero-order chi connectivity index (χ0) is 19.1. The third kappa shape index (κ3) is 5.70. The van der Waals surface area contributed by atoms with Crippen molar-refractivity contribution >= 4 is 17.7 Å². The molecule has 2 N–H and O–H groups in total. The van der Waals surface area contributed by atoms with E-state index >= 15 is 0 Å². The molecule has 6 nitrogen and oxygen atoms in total. The van der Waals surface area contributed by atoms with E-state index in [1.807, 2.05) is 0 Å². The number of nitrogens with one attached hydrogen (secondary N) is 2. The number of hydrogen-bond acceptors (Lipinski definition) is 4. The second kappa shape index (κ2) is 9.74. The molecule has 2 aliphatic rings. The Morgan fingerprint density at radius 3 is 2.67 bits per heavy atom. The Balaban J connectivity index is 1.52. The van der Waals surface area contributed by atoms with Gasteiger partial charge in [-0.3, -0.25) is 15.0 Å². The summed E-state index contributed by atoms with van der Waals surface area (Å²) in [6.45, 7) is 4.08. The van der Waals surface area contributed by atoms with Crippen LogP contribution in [0.3, 0.4) is 0 Å². The maximum absolute atomic E-state index is 12.6. The molecule has 1 aromatic carbocycles. The fraction of sp³-hybridized carbons (Fsp3) is 0.619. The van der Waals surface area contributed by atoms with Crippen LogP contribution in [0.25, 0.3) is 0 Å². The third-order valence-electron chi connectivity index (χ3n) is 5.54. The van der Waals surface area contributed by atoms with Gasteiger partial charge in [-0.25, -0.2) is 4.79 Å². The number of likely N-dealkylation sites (tertiary alicyclic amines) is 1.